The van der Waals surface area contributed by atoms with Gasteiger partial charge in [-0.2, -0.15) is 0 Å². The first-order valence-corrected chi connectivity index (χ1v) is 7.63. The Bertz CT molecular complexity index is 641. The second-order valence-electron chi connectivity index (χ2n) is 4.71. The lowest BCUT2D eigenvalue weighted by Gasteiger charge is -2.11. The molecule has 0 saturated carbocycles. The predicted octanol–water partition coefficient (Wildman–Crippen LogP) is 3.44. The zero-order chi connectivity index (χ0) is 15.9. The molecule has 0 unspecified atom stereocenters. The van der Waals surface area contributed by atoms with Crippen LogP contribution in [-0.2, 0) is 6.54 Å². The smallest absolute Gasteiger partial charge is 0.176 e. The van der Waals surface area contributed by atoms with E-state index in [9.17, 15) is 4.79 Å². The third-order valence-electron chi connectivity index (χ3n) is 3.26. The van der Waals surface area contributed by atoms with E-state index in [1.165, 1.54) is 0 Å². The van der Waals surface area contributed by atoms with Crippen LogP contribution in [0.1, 0.15) is 15.9 Å². The molecule has 0 aliphatic heterocycles. The second kappa shape index (κ2) is 7.96. The Kier molecular flexibility index (Phi) is 5.98. The SMILES string of the molecule is COc1ccc(CNCC(=O)c2ccc(Br)cc2)c(OC)c1. The van der Waals surface area contributed by atoms with E-state index in [0.717, 1.165) is 21.5 Å². The summed E-state index contributed by atoms with van der Waals surface area (Å²) in [4.78, 5) is 12.1. The van der Waals surface area contributed by atoms with E-state index in [1.807, 2.05) is 42.5 Å². The maximum atomic E-state index is 12.1. The molecule has 22 heavy (non-hydrogen) atoms. The zero-order valence-corrected chi connectivity index (χ0v) is 14.1. The van der Waals surface area contributed by atoms with Gasteiger partial charge in [-0.1, -0.05) is 34.1 Å². The van der Waals surface area contributed by atoms with Crippen molar-refractivity contribution in [3.05, 3.63) is 58.1 Å². The Morgan fingerprint density at radius 1 is 1.09 bits per heavy atom. The van der Waals surface area contributed by atoms with E-state index < -0.39 is 0 Å². The van der Waals surface area contributed by atoms with Crippen molar-refractivity contribution in [3.63, 3.8) is 0 Å². The van der Waals surface area contributed by atoms with E-state index in [0.29, 0.717) is 12.1 Å². The van der Waals surface area contributed by atoms with Crippen molar-refractivity contribution in [1.29, 1.82) is 0 Å². The molecule has 0 aliphatic rings. The van der Waals surface area contributed by atoms with Crippen molar-refractivity contribution in [2.24, 2.45) is 0 Å². The van der Waals surface area contributed by atoms with Crippen LogP contribution in [0.5, 0.6) is 11.5 Å². The molecule has 0 atom stereocenters. The van der Waals surface area contributed by atoms with Crippen LogP contribution in [0, 0.1) is 0 Å². The molecule has 0 heterocycles. The number of benzene rings is 2. The average Bonchev–Trinajstić information content (AvgIpc) is 2.55. The molecule has 5 heteroatoms. The molecular weight excluding hydrogens is 346 g/mol. The van der Waals surface area contributed by atoms with Crippen molar-refractivity contribution in [3.8, 4) is 11.5 Å². The van der Waals surface area contributed by atoms with Crippen molar-refractivity contribution < 1.29 is 14.3 Å². The van der Waals surface area contributed by atoms with Crippen molar-refractivity contribution in [2.75, 3.05) is 20.8 Å². The lowest BCUT2D eigenvalue weighted by molar-refractivity contribution is 0.0990. The molecule has 2 aromatic rings. The maximum Gasteiger partial charge on any atom is 0.176 e. The summed E-state index contributed by atoms with van der Waals surface area (Å²) in [5.74, 6) is 1.54. The van der Waals surface area contributed by atoms with Gasteiger partial charge in [-0.25, -0.2) is 0 Å². The molecule has 0 fully saturated rings. The van der Waals surface area contributed by atoms with E-state index >= 15 is 0 Å². The highest BCUT2D eigenvalue weighted by Crippen LogP contribution is 2.24. The van der Waals surface area contributed by atoms with Crippen molar-refractivity contribution in [2.45, 2.75) is 6.54 Å². The maximum absolute atomic E-state index is 12.1. The van der Waals surface area contributed by atoms with Crippen molar-refractivity contribution in [1.82, 2.24) is 5.32 Å². The molecule has 1 N–H and O–H groups in total. The van der Waals surface area contributed by atoms with Crippen LogP contribution in [0.15, 0.2) is 46.9 Å². The zero-order valence-electron chi connectivity index (χ0n) is 12.6. The number of rotatable bonds is 7. The minimum Gasteiger partial charge on any atom is -0.497 e. The fourth-order valence-electron chi connectivity index (χ4n) is 2.05. The average molecular weight is 364 g/mol. The van der Waals surface area contributed by atoms with Crippen LogP contribution in [-0.4, -0.2) is 26.5 Å². The summed E-state index contributed by atoms with van der Waals surface area (Å²) >= 11 is 3.35. The third-order valence-corrected chi connectivity index (χ3v) is 3.79. The summed E-state index contributed by atoms with van der Waals surface area (Å²) in [6.07, 6.45) is 0. The molecule has 0 saturated heterocycles. The van der Waals surface area contributed by atoms with E-state index in [2.05, 4.69) is 21.2 Å². The number of carbonyl (C=O) groups is 1. The number of hydrogen-bond donors (Lipinski definition) is 1. The standard InChI is InChI=1S/C17H18BrNO3/c1-21-15-8-5-13(17(9-15)22-2)10-19-11-16(20)12-3-6-14(18)7-4-12/h3-9,19H,10-11H2,1-2H3. The minimum absolute atomic E-state index is 0.0555. The van der Waals surface area contributed by atoms with E-state index in [-0.39, 0.29) is 12.3 Å². The fraction of sp³-hybridized carbons (Fsp3) is 0.235. The Morgan fingerprint density at radius 3 is 2.45 bits per heavy atom. The second-order valence-corrected chi connectivity index (χ2v) is 5.63. The minimum atomic E-state index is 0.0555. The van der Waals surface area contributed by atoms with E-state index in [4.69, 9.17) is 9.47 Å². The predicted molar refractivity (Wildman–Crippen MR) is 89.7 cm³/mol. The number of methoxy groups -OCH3 is 2. The van der Waals surface area contributed by atoms with Gasteiger partial charge in [-0.3, -0.25) is 4.79 Å². The van der Waals surface area contributed by atoms with Gasteiger partial charge < -0.3 is 14.8 Å². The number of ketones is 1. The van der Waals surface area contributed by atoms with Gasteiger partial charge in [0.1, 0.15) is 11.5 Å². The van der Waals surface area contributed by atoms with Gasteiger partial charge in [0.15, 0.2) is 5.78 Å². The number of halogens is 1. The first-order valence-electron chi connectivity index (χ1n) is 6.84. The monoisotopic (exact) mass is 363 g/mol. The first-order chi connectivity index (χ1) is 10.6. The molecule has 2 aromatic carbocycles. The molecule has 116 valence electrons. The lowest BCUT2D eigenvalue weighted by Crippen LogP contribution is -2.22. The number of nitrogens with one attached hydrogen (secondary N) is 1. The molecule has 0 bridgehead atoms. The Labute approximate surface area is 138 Å². The molecule has 0 spiro atoms. The lowest BCUT2D eigenvalue weighted by atomic mass is 10.1. The van der Waals surface area contributed by atoms with E-state index in [1.54, 1.807) is 14.2 Å². The normalized spacial score (nSPS) is 10.3. The van der Waals surface area contributed by atoms with Crippen LogP contribution < -0.4 is 14.8 Å². The Hall–Kier alpha value is -1.85. The largest absolute Gasteiger partial charge is 0.497 e. The number of carbonyl (C=O) groups excluding carboxylic acids is 1. The Balaban J connectivity index is 1.93. The summed E-state index contributed by atoms with van der Waals surface area (Å²) in [6.45, 7) is 0.826. The van der Waals surface area contributed by atoms with Crippen molar-refractivity contribution >= 4 is 21.7 Å². The van der Waals surface area contributed by atoms with Gasteiger partial charge in [0.2, 0.25) is 0 Å². The molecule has 0 aromatic heterocycles. The summed E-state index contributed by atoms with van der Waals surface area (Å²) in [7, 11) is 3.23. The molecule has 4 nitrogen and oxygen atoms in total. The molecule has 0 radical (unpaired) electrons. The fourth-order valence-corrected chi connectivity index (χ4v) is 2.31. The molecule has 0 amide bonds. The van der Waals surface area contributed by atoms with Gasteiger partial charge >= 0.3 is 0 Å². The van der Waals surface area contributed by atoms with Crippen LogP contribution >= 0.6 is 15.9 Å². The number of ether oxygens (including phenoxy) is 2. The quantitative estimate of drug-likeness (QED) is 0.765. The van der Waals surface area contributed by atoms with Gasteiger partial charge in [-0.15, -0.1) is 0 Å². The Morgan fingerprint density at radius 2 is 1.82 bits per heavy atom. The summed E-state index contributed by atoms with van der Waals surface area (Å²) < 4.78 is 11.5. The highest BCUT2D eigenvalue weighted by Gasteiger charge is 2.08. The third kappa shape index (κ3) is 4.32. The van der Waals surface area contributed by atoms with Gasteiger partial charge in [0.25, 0.3) is 0 Å². The summed E-state index contributed by atoms with van der Waals surface area (Å²) in [5.41, 5.74) is 1.67. The van der Waals surface area contributed by atoms with Crippen LogP contribution in [0.3, 0.4) is 0 Å². The molecule has 0 aliphatic carbocycles. The van der Waals surface area contributed by atoms with Gasteiger partial charge in [0.05, 0.1) is 20.8 Å². The molecule has 2 rings (SSSR count). The number of hydrogen-bond acceptors (Lipinski definition) is 4. The topological polar surface area (TPSA) is 47.6 Å². The van der Waals surface area contributed by atoms with Gasteiger partial charge in [-0.05, 0) is 18.2 Å². The van der Waals surface area contributed by atoms with Crippen LogP contribution in [0.2, 0.25) is 0 Å². The first kappa shape index (κ1) is 16.5. The highest BCUT2D eigenvalue weighted by molar-refractivity contribution is 9.10. The van der Waals surface area contributed by atoms with Crippen LogP contribution in [0.25, 0.3) is 0 Å². The number of Topliss-reactive ketones (excluding diaryl/α,β-unsaturated/α-hetero) is 1. The highest BCUT2D eigenvalue weighted by atomic mass is 79.9. The summed E-state index contributed by atoms with van der Waals surface area (Å²) in [5, 5.41) is 3.14. The molecular formula is C17H18BrNO3. The summed E-state index contributed by atoms with van der Waals surface area (Å²) in [6, 6.07) is 13.0. The van der Waals surface area contributed by atoms with Gasteiger partial charge in [0, 0.05) is 28.2 Å². The van der Waals surface area contributed by atoms with Crippen LogP contribution in [0.4, 0.5) is 0 Å².